The van der Waals surface area contributed by atoms with Crippen LogP contribution in [0, 0.1) is 11.8 Å². The summed E-state index contributed by atoms with van der Waals surface area (Å²) < 4.78 is 0. The highest BCUT2D eigenvalue weighted by molar-refractivity contribution is 4.99. The molecule has 3 nitrogen and oxygen atoms in total. The Labute approximate surface area is 85.5 Å². The summed E-state index contributed by atoms with van der Waals surface area (Å²) in [6.45, 7) is 4.05. The molecule has 0 spiro atoms. The Morgan fingerprint density at radius 3 is 2.79 bits per heavy atom. The average Bonchev–Trinajstić information content (AvgIpc) is 2.30. The Balaban J connectivity index is 1.75. The van der Waals surface area contributed by atoms with Crippen LogP contribution in [-0.4, -0.2) is 48.3 Å². The molecule has 4 rings (SSSR count). The molecule has 80 valence electrons. The fourth-order valence-corrected chi connectivity index (χ4v) is 3.73. The summed E-state index contributed by atoms with van der Waals surface area (Å²) in [5.74, 6) is 1.83. The van der Waals surface area contributed by atoms with Crippen molar-refractivity contribution in [2.24, 2.45) is 11.8 Å². The van der Waals surface area contributed by atoms with Crippen LogP contribution in [0.5, 0.6) is 0 Å². The summed E-state index contributed by atoms with van der Waals surface area (Å²) in [5, 5.41) is 12.6. The van der Waals surface area contributed by atoms with E-state index in [2.05, 4.69) is 10.2 Å². The van der Waals surface area contributed by atoms with Crippen molar-refractivity contribution < 1.29 is 5.11 Å². The van der Waals surface area contributed by atoms with Gasteiger partial charge < -0.3 is 10.4 Å². The van der Waals surface area contributed by atoms with E-state index in [1.807, 2.05) is 0 Å². The van der Waals surface area contributed by atoms with Gasteiger partial charge in [-0.05, 0) is 44.2 Å². The minimum absolute atomic E-state index is 0.315. The molecule has 0 saturated carbocycles. The lowest BCUT2D eigenvalue weighted by molar-refractivity contribution is -0.0384. The SMILES string of the molecule is OCC1CC2C3CCN(CC3)C2CN1. The van der Waals surface area contributed by atoms with Crippen LogP contribution in [-0.2, 0) is 0 Å². The fraction of sp³-hybridized carbons (Fsp3) is 1.00. The van der Waals surface area contributed by atoms with E-state index >= 15 is 0 Å². The van der Waals surface area contributed by atoms with Crippen molar-refractivity contribution in [3.8, 4) is 0 Å². The lowest BCUT2D eigenvalue weighted by Crippen LogP contribution is -2.63. The van der Waals surface area contributed by atoms with Gasteiger partial charge in [-0.2, -0.15) is 0 Å². The molecule has 0 aliphatic carbocycles. The van der Waals surface area contributed by atoms with Crippen LogP contribution in [0.1, 0.15) is 19.3 Å². The maximum absolute atomic E-state index is 9.18. The standard InChI is InChI=1S/C11H20N2O/c14-7-9-5-10-8-1-3-13(4-2-8)11(10)6-12-9/h8-12,14H,1-7H2. The number of aliphatic hydroxyl groups excluding tert-OH is 1. The molecular formula is C11H20N2O. The summed E-state index contributed by atoms with van der Waals surface area (Å²) in [4.78, 5) is 2.66. The number of nitrogens with zero attached hydrogens (tertiary/aromatic N) is 1. The van der Waals surface area contributed by atoms with Gasteiger partial charge in [-0.1, -0.05) is 0 Å². The third-order valence-electron chi connectivity index (χ3n) is 4.54. The number of piperidine rings is 4. The molecule has 4 heterocycles. The molecule has 2 N–H and O–H groups in total. The van der Waals surface area contributed by atoms with Crippen LogP contribution in [0.15, 0.2) is 0 Å². The minimum Gasteiger partial charge on any atom is -0.395 e. The zero-order valence-corrected chi connectivity index (χ0v) is 8.65. The fourth-order valence-electron chi connectivity index (χ4n) is 3.73. The van der Waals surface area contributed by atoms with Gasteiger partial charge in [0, 0.05) is 18.6 Å². The second kappa shape index (κ2) is 3.47. The van der Waals surface area contributed by atoms with Gasteiger partial charge in [-0.25, -0.2) is 0 Å². The van der Waals surface area contributed by atoms with Crippen LogP contribution in [0.4, 0.5) is 0 Å². The number of rotatable bonds is 1. The Kier molecular flexibility index (Phi) is 2.26. The third kappa shape index (κ3) is 1.30. The van der Waals surface area contributed by atoms with Crippen molar-refractivity contribution >= 4 is 0 Å². The molecule has 14 heavy (non-hydrogen) atoms. The molecule has 3 heteroatoms. The first-order chi connectivity index (χ1) is 6.88. The number of nitrogens with one attached hydrogen (secondary N) is 1. The molecule has 0 radical (unpaired) electrons. The lowest BCUT2D eigenvalue weighted by Gasteiger charge is -2.54. The minimum atomic E-state index is 0.315. The van der Waals surface area contributed by atoms with Gasteiger partial charge in [0.1, 0.15) is 0 Å². The molecule has 0 aromatic heterocycles. The summed E-state index contributed by atoms with van der Waals surface area (Å²) >= 11 is 0. The van der Waals surface area contributed by atoms with Gasteiger partial charge in [0.2, 0.25) is 0 Å². The van der Waals surface area contributed by atoms with Crippen molar-refractivity contribution in [1.29, 1.82) is 0 Å². The van der Waals surface area contributed by atoms with Crippen molar-refractivity contribution in [1.82, 2.24) is 10.2 Å². The van der Waals surface area contributed by atoms with Gasteiger partial charge >= 0.3 is 0 Å². The Bertz CT molecular complexity index is 213. The number of fused-ring (bicyclic) bond motifs is 2. The highest BCUT2D eigenvalue weighted by atomic mass is 16.3. The average molecular weight is 196 g/mol. The van der Waals surface area contributed by atoms with Gasteiger partial charge in [0.25, 0.3) is 0 Å². The zero-order valence-electron chi connectivity index (χ0n) is 8.65. The van der Waals surface area contributed by atoms with Crippen LogP contribution < -0.4 is 5.32 Å². The molecule has 0 aromatic rings. The van der Waals surface area contributed by atoms with E-state index in [4.69, 9.17) is 0 Å². The van der Waals surface area contributed by atoms with E-state index in [1.54, 1.807) is 0 Å². The maximum atomic E-state index is 9.18. The summed E-state index contributed by atoms with van der Waals surface area (Å²) in [6, 6.07) is 1.15. The lowest BCUT2D eigenvalue weighted by atomic mass is 9.69. The van der Waals surface area contributed by atoms with Crippen LogP contribution >= 0.6 is 0 Å². The number of hydrogen-bond acceptors (Lipinski definition) is 3. The Morgan fingerprint density at radius 2 is 2.07 bits per heavy atom. The second-order valence-electron chi connectivity index (χ2n) is 5.13. The van der Waals surface area contributed by atoms with Gasteiger partial charge in [0.05, 0.1) is 6.61 Å². The van der Waals surface area contributed by atoms with E-state index in [0.717, 1.165) is 24.4 Å². The molecular weight excluding hydrogens is 176 g/mol. The normalized spacial score (nSPS) is 51.6. The third-order valence-corrected chi connectivity index (χ3v) is 4.54. The predicted molar refractivity (Wildman–Crippen MR) is 55.1 cm³/mol. The topological polar surface area (TPSA) is 35.5 Å². The number of hydrogen-bond donors (Lipinski definition) is 2. The van der Waals surface area contributed by atoms with Gasteiger partial charge in [-0.15, -0.1) is 0 Å². The van der Waals surface area contributed by atoms with E-state index in [1.165, 1.54) is 32.4 Å². The van der Waals surface area contributed by atoms with E-state index in [9.17, 15) is 5.11 Å². The maximum Gasteiger partial charge on any atom is 0.0584 e. The van der Waals surface area contributed by atoms with Crippen molar-refractivity contribution in [2.75, 3.05) is 26.2 Å². The Morgan fingerprint density at radius 1 is 1.29 bits per heavy atom. The van der Waals surface area contributed by atoms with Crippen LogP contribution in [0.3, 0.4) is 0 Å². The highest BCUT2D eigenvalue weighted by Gasteiger charge is 2.44. The Hall–Kier alpha value is -0.120. The predicted octanol–water partition coefficient (Wildman–Crippen LogP) is 0.0510. The van der Waals surface area contributed by atoms with Gasteiger partial charge in [-0.3, -0.25) is 4.90 Å². The van der Waals surface area contributed by atoms with Crippen molar-refractivity contribution in [3.63, 3.8) is 0 Å². The molecule has 0 aromatic carbocycles. The quantitative estimate of drug-likeness (QED) is 0.622. The summed E-state index contributed by atoms with van der Waals surface area (Å²) in [5.41, 5.74) is 0. The van der Waals surface area contributed by atoms with Gasteiger partial charge in [0.15, 0.2) is 0 Å². The number of aliphatic hydroxyl groups is 1. The van der Waals surface area contributed by atoms with Crippen LogP contribution in [0.2, 0.25) is 0 Å². The first-order valence-electron chi connectivity index (χ1n) is 5.97. The molecule has 2 bridgehead atoms. The van der Waals surface area contributed by atoms with E-state index < -0.39 is 0 Å². The largest absolute Gasteiger partial charge is 0.395 e. The van der Waals surface area contributed by atoms with E-state index in [0.29, 0.717) is 12.6 Å². The molecule has 4 saturated heterocycles. The van der Waals surface area contributed by atoms with Crippen molar-refractivity contribution in [2.45, 2.75) is 31.3 Å². The monoisotopic (exact) mass is 196 g/mol. The first-order valence-corrected chi connectivity index (χ1v) is 5.97. The molecule has 4 aliphatic heterocycles. The second-order valence-corrected chi connectivity index (χ2v) is 5.13. The van der Waals surface area contributed by atoms with Crippen LogP contribution in [0.25, 0.3) is 0 Å². The highest BCUT2D eigenvalue weighted by Crippen LogP contribution is 2.40. The summed E-state index contributed by atoms with van der Waals surface area (Å²) in [7, 11) is 0. The van der Waals surface area contributed by atoms with E-state index in [-0.39, 0.29) is 0 Å². The smallest absolute Gasteiger partial charge is 0.0584 e. The first kappa shape index (κ1) is 9.13. The van der Waals surface area contributed by atoms with Crippen molar-refractivity contribution in [3.05, 3.63) is 0 Å². The molecule has 4 aliphatic rings. The molecule has 0 amide bonds. The summed E-state index contributed by atoms with van der Waals surface area (Å²) in [6.07, 6.45) is 4.00. The molecule has 4 fully saturated rings. The molecule has 3 unspecified atom stereocenters. The molecule has 3 atom stereocenters. The zero-order chi connectivity index (χ0) is 9.54.